The third-order valence-corrected chi connectivity index (χ3v) is 5.99. The van der Waals surface area contributed by atoms with Gasteiger partial charge in [0.05, 0.1) is 24.0 Å². The quantitative estimate of drug-likeness (QED) is 0.597. The van der Waals surface area contributed by atoms with E-state index in [1.54, 1.807) is 6.20 Å². The predicted octanol–water partition coefficient (Wildman–Crippen LogP) is 5.46. The molecule has 31 heavy (non-hydrogen) atoms. The van der Waals surface area contributed by atoms with Crippen LogP contribution in [0, 0.1) is 0 Å². The minimum Gasteiger partial charge on any atom is -0.494 e. The fourth-order valence-electron chi connectivity index (χ4n) is 4.53. The van der Waals surface area contributed by atoms with Crippen molar-refractivity contribution in [2.45, 2.75) is 31.7 Å². The van der Waals surface area contributed by atoms with E-state index in [1.165, 1.54) is 0 Å². The minimum atomic E-state index is -0.228. The van der Waals surface area contributed by atoms with E-state index < -0.39 is 0 Å². The molecule has 5 heteroatoms. The Morgan fingerprint density at radius 2 is 1.77 bits per heavy atom. The van der Waals surface area contributed by atoms with Crippen LogP contribution in [0.15, 0.2) is 84.3 Å². The number of pyridine rings is 1. The molecule has 2 atom stereocenters. The van der Waals surface area contributed by atoms with E-state index in [4.69, 9.17) is 4.74 Å². The van der Waals surface area contributed by atoms with Crippen LogP contribution in [-0.2, 0) is 4.79 Å². The van der Waals surface area contributed by atoms with Gasteiger partial charge in [0.25, 0.3) is 0 Å². The van der Waals surface area contributed by atoms with Crippen LogP contribution in [-0.4, -0.2) is 17.4 Å². The van der Waals surface area contributed by atoms with Gasteiger partial charge in [-0.05, 0) is 60.7 Å². The van der Waals surface area contributed by atoms with Crippen molar-refractivity contribution in [2.75, 3.05) is 17.2 Å². The molecule has 1 aliphatic heterocycles. The summed E-state index contributed by atoms with van der Waals surface area (Å²) in [7, 11) is 0. The van der Waals surface area contributed by atoms with Crippen molar-refractivity contribution in [1.82, 2.24) is 4.98 Å². The monoisotopic (exact) mass is 411 g/mol. The second-order valence-electron chi connectivity index (χ2n) is 7.96. The molecular weight excluding hydrogens is 386 g/mol. The first-order chi connectivity index (χ1) is 15.2. The van der Waals surface area contributed by atoms with Gasteiger partial charge in [0.15, 0.2) is 5.78 Å². The molecular formula is C26H25N3O2. The molecule has 0 radical (unpaired) electrons. The highest BCUT2D eigenvalue weighted by molar-refractivity contribution is 6.01. The minimum absolute atomic E-state index is 0.134. The molecule has 5 rings (SSSR count). The largest absolute Gasteiger partial charge is 0.494 e. The SMILES string of the molecule is CCOc1ccc(C2CC(=O)C3=C(C2)Nc2ccccc2NC3c2cccnc2)cc1. The van der Waals surface area contributed by atoms with Crippen LogP contribution in [0.25, 0.3) is 0 Å². The van der Waals surface area contributed by atoms with Crippen molar-refractivity contribution in [2.24, 2.45) is 0 Å². The number of hydrogen-bond donors (Lipinski definition) is 2. The Morgan fingerprint density at radius 3 is 2.52 bits per heavy atom. The number of Topliss-reactive ketones (excluding diaryl/α,β-unsaturated/α-hetero) is 1. The number of aromatic nitrogens is 1. The molecule has 2 aliphatic rings. The van der Waals surface area contributed by atoms with E-state index in [1.807, 2.05) is 61.7 Å². The van der Waals surface area contributed by atoms with Crippen molar-refractivity contribution in [3.05, 3.63) is 95.5 Å². The zero-order chi connectivity index (χ0) is 21.2. The van der Waals surface area contributed by atoms with Gasteiger partial charge in [0.2, 0.25) is 0 Å². The predicted molar refractivity (Wildman–Crippen MR) is 122 cm³/mol. The summed E-state index contributed by atoms with van der Waals surface area (Å²) in [6, 6.07) is 19.9. The van der Waals surface area contributed by atoms with Crippen molar-refractivity contribution in [3.63, 3.8) is 0 Å². The van der Waals surface area contributed by atoms with E-state index in [2.05, 4.69) is 27.8 Å². The Labute approximate surface area is 182 Å². The Morgan fingerprint density at radius 1 is 0.968 bits per heavy atom. The number of nitrogens with zero attached hydrogens (tertiary/aromatic N) is 1. The number of allylic oxidation sites excluding steroid dienone is 1. The first-order valence-electron chi connectivity index (χ1n) is 10.7. The number of fused-ring (bicyclic) bond motifs is 1. The van der Waals surface area contributed by atoms with Gasteiger partial charge in [0.1, 0.15) is 5.75 Å². The number of ether oxygens (including phenoxy) is 1. The molecule has 0 bridgehead atoms. The topological polar surface area (TPSA) is 63.2 Å². The summed E-state index contributed by atoms with van der Waals surface area (Å²) in [5.74, 6) is 1.16. The maximum Gasteiger partial charge on any atom is 0.163 e. The molecule has 156 valence electrons. The van der Waals surface area contributed by atoms with Crippen LogP contribution in [0.1, 0.15) is 42.9 Å². The molecule has 1 aromatic heterocycles. The Hall–Kier alpha value is -3.60. The summed E-state index contributed by atoms with van der Waals surface area (Å²) in [6.45, 7) is 2.62. The standard InChI is InChI=1S/C26H25N3O2/c1-2-31-20-11-9-17(10-12-20)19-14-23-25(24(30)15-19)26(18-6-5-13-27-16-18)29-22-8-4-3-7-21(22)28-23/h3-13,16,19,26,28-29H,2,14-15H2,1H3. The molecule has 0 fully saturated rings. The van der Waals surface area contributed by atoms with Crippen LogP contribution in [0.2, 0.25) is 0 Å². The summed E-state index contributed by atoms with van der Waals surface area (Å²) >= 11 is 0. The molecule has 0 amide bonds. The summed E-state index contributed by atoms with van der Waals surface area (Å²) in [4.78, 5) is 17.8. The molecule has 2 N–H and O–H groups in total. The third-order valence-electron chi connectivity index (χ3n) is 5.99. The van der Waals surface area contributed by atoms with Crippen LogP contribution >= 0.6 is 0 Å². The number of nitrogens with one attached hydrogen (secondary N) is 2. The molecule has 0 saturated heterocycles. The smallest absolute Gasteiger partial charge is 0.163 e. The first-order valence-corrected chi connectivity index (χ1v) is 10.7. The second-order valence-corrected chi connectivity index (χ2v) is 7.96. The molecule has 3 aromatic rings. The summed E-state index contributed by atoms with van der Waals surface area (Å²) in [5, 5.41) is 7.16. The first kappa shape index (κ1) is 19.4. The summed E-state index contributed by atoms with van der Waals surface area (Å²) < 4.78 is 5.57. The number of ketones is 1. The van der Waals surface area contributed by atoms with Crippen molar-refractivity contribution in [1.29, 1.82) is 0 Å². The normalized spacial score (nSPS) is 20.1. The molecule has 2 unspecified atom stereocenters. The van der Waals surface area contributed by atoms with E-state index in [0.29, 0.717) is 13.0 Å². The van der Waals surface area contributed by atoms with E-state index in [0.717, 1.165) is 45.9 Å². The average Bonchev–Trinajstić information content (AvgIpc) is 2.97. The lowest BCUT2D eigenvalue weighted by Crippen LogP contribution is -2.26. The van der Waals surface area contributed by atoms with Crippen LogP contribution < -0.4 is 15.4 Å². The molecule has 0 saturated carbocycles. The van der Waals surface area contributed by atoms with Gasteiger partial charge in [0, 0.05) is 30.1 Å². The van der Waals surface area contributed by atoms with E-state index in [9.17, 15) is 4.79 Å². The highest BCUT2D eigenvalue weighted by Crippen LogP contribution is 2.44. The van der Waals surface area contributed by atoms with Crippen molar-refractivity contribution in [3.8, 4) is 5.75 Å². The van der Waals surface area contributed by atoms with Gasteiger partial charge in [-0.25, -0.2) is 0 Å². The van der Waals surface area contributed by atoms with Crippen LogP contribution in [0.3, 0.4) is 0 Å². The zero-order valence-electron chi connectivity index (χ0n) is 17.5. The van der Waals surface area contributed by atoms with Gasteiger partial charge in [-0.1, -0.05) is 30.3 Å². The lowest BCUT2D eigenvalue weighted by Gasteiger charge is -2.29. The number of benzene rings is 2. The number of hydrogen-bond acceptors (Lipinski definition) is 5. The lowest BCUT2D eigenvalue weighted by molar-refractivity contribution is -0.116. The zero-order valence-corrected chi connectivity index (χ0v) is 17.5. The maximum absolute atomic E-state index is 13.5. The number of carbonyl (C=O) groups is 1. The fraction of sp³-hybridized carbons (Fsp3) is 0.231. The van der Waals surface area contributed by atoms with E-state index in [-0.39, 0.29) is 17.7 Å². The number of anilines is 2. The molecule has 1 aliphatic carbocycles. The summed E-state index contributed by atoms with van der Waals surface area (Å²) in [6.07, 6.45) is 4.86. The van der Waals surface area contributed by atoms with Gasteiger partial charge in [-0.3, -0.25) is 9.78 Å². The van der Waals surface area contributed by atoms with E-state index >= 15 is 0 Å². The van der Waals surface area contributed by atoms with Gasteiger partial charge in [-0.15, -0.1) is 0 Å². The Kier molecular flexibility index (Phi) is 5.16. The summed E-state index contributed by atoms with van der Waals surface area (Å²) in [5.41, 5.74) is 5.92. The lowest BCUT2D eigenvalue weighted by atomic mass is 9.78. The highest BCUT2D eigenvalue weighted by Gasteiger charge is 2.36. The third kappa shape index (κ3) is 3.79. The fourth-order valence-corrected chi connectivity index (χ4v) is 4.53. The Bertz CT molecular complexity index is 1120. The highest BCUT2D eigenvalue weighted by atomic mass is 16.5. The molecule has 2 heterocycles. The number of para-hydroxylation sites is 2. The molecule has 0 spiro atoms. The molecule has 5 nitrogen and oxygen atoms in total. The van der Waals surface area contributed by atoms with Gasteiger partial charge in [-0.2, -0.15) is 0 Å². The average molecular weight is 412 g/mol. The maximum atomic E-state index is 13.5. The van der Waals surface area contributed by atoms with Crippen molar-refractivity contribution < 1.29 is 9.53 Å². The second kappa shape index (κ2) is 8.26. The van der Waals surface area contributed by atoms with Crippen molar-refractivity contribution >= 4 is 17.2 Å². The molecule has 2 aromatic carbocycles. The van der Waals surface area contributed by atoms with Crippen LogP contribution in [0.4, 0.5) is 11.4 Å². The van der Waals surface area contributed by atoms with Crippen LogP contribution in [0.5, 0.6) is 5.75 Å². The Balaban J connectivity index is 1.54. The number of rotatable bonds is 4. The van der Waals surface area contributed by atoms with Gasteiger partial charge < -0.3 is 15.4 Å². The number of carbonyl (C=O) groups excluding carboxylic acids is 1. The van der Waals surface area contributed by atoms with Gasteiger partial charge >= 0.3 is 0 Å².